The number of halogens is 1. The molecule has 0 amide bonds. The molecule has 0 saturated carbocycles. The van der Waals surface area contributed by atoms with Gasteiger partial charge in [0.15, 0.2) is 5.16 Å². The number of aromatic nitrogens is 4. The Hall–Kier alpha value is -2.42. The van der Waals surface area contributed by atoms with E-state index >= 15 is 0 Å². The molecule has 0 spiro atoms. The van der Waals surface area contributed by atoms with Crippen LogP contribution in [-0.2, 0) is 25.1 Å². The summed E-state index contributed by atoms with van der Waals surface area (Å²) in [5.41, 5.74) is 1.89. The predicted octanol–water partition coefficient (Wildman–Crippen LogP) is 5.76. The summed E-state index contributed by atoms with van der Waals surface area (Å²) in [4.78, 5) is 20.4. The van der Waals surface area contributed by atoms with Gasteiger partial charge in [-0.3, -0.25) is 9.36 Å². The van der Waals surface area contributed by atoms with E-state index in [2.05, 4.69) is 23.7 Å². The standard InChI is InChI=1S/C23H21ClN4O2S2/c1-3-10-28-22(29)19-15-9-8-13(2)11-17(15)32-21(19)25-23(28)31-12-18-26-27-20(30-18)14-6-4-5-7-16(14)24/h3-7,13H,1,8-12H2,2H3/t13-/m0/s1. The quantitative estimate of drug-likeness (QED) is 0.196. The average molecular weight is 485 g/mol. The van der Waals surface area contributed by atoms with Crippen LogP contribution in [0, 0.1) is 5.92 Å². The minimum atomic E-state index is 0.00624. The zero-order valence-corrected chi connectivity index (χ0v) is 19.9. The molecule has 1 aromatic carbocycles. The van der Waals surface area contributed by atoms with Crippen molar-refractivity contribution in [1.82, 2.24) is 19.7 Å². The first-order valence-electron chi connectivity index (χ1n) is 10.4. The van der Waals surface area contributed by atoms with E-state index in [0.717, 1.165) is 29.5 Å². The fourth-order valence-electron chi connectivity index (χ4n) is 3.99. The van der Waals surface area contributed by atoms with Crippen molar-refractivity contribution in [2.24, 2.45) is 5.92 Å². The lowest BCUT2D eigenvalue weighted by Crippen LogP contribution is -2.23. The molecule has 6 nitrogen and oxygen atoms in total. The Morgan fingerprint density at radius 1 is 1.38 bits per heavy atom. The maximum absolute atomic E-state index is 13.4. The van der Waals surface area contributed by atoms with E-state index in [9.17, 15) is 4.79 Å². The predicted molar refractivity (Wildman–Crippen MR) is 130 cm³/mol. The average Bonchev–Trinajstić information content (AvgIpc) is 3.39. The normalized spacial score (nSPS) is 15.8. The number of fused-ring (bicyclic) bond motifs is 3. The van der Waals surface area contributed by atoms with Crippen molar-refractivity contribution in [1.29, 1.82) is 0 Å². The summed E-state index contributed by atoms with van der Waals surface area (Å²) in [6.45, 7) is 6.49. The molecule has 0 radical (unpaired) electrons. The number of allylic oxidation sites excluding steroid dienone is 1. The van der Waals surface area contributed by atoms with Crippen LogP contribution in [0.5, 0.6) is 0 Å². The summed E-state index contributed by atoms with van der Waals surface area (Å²) >= 11 is 9.30. The number of hydrogen-bond donors (Lipinski definition) is 0. The first-order valence-corrected chi connectivity index (χ1v) is 12.6. The smallest absolute Gasteiger partial charge is 0.263 e. The lowest BCUT2D eigenvalue weighted by Gasteiger charge is -2.17. The summed E-state index contributed by atoms with van der Waals surface area (Å²) in [6.07, 6.45) is 4.80. The Bertz CT molecular complexity index is 1370. The van der Waals surface area contributed by atoms with Crippen molar-refractivity contribution >= 4 is 44.9 Å². The van der Waals surface area contributed by atoms with Crippen LogP contribution >= 0.6 is 34.7 Å². The molecule has 4 aromatic rings. The third kappa shape index (κ3) is 3.91. The molecule has 32 heavy (non-hydrogen) atoms. The zero-order valence-electron chi connectivity index (χ0n) is 17.5. The maximum atomic E-state index is 13.4. The van der Waals surface area contributed by atoms with Crippen molar-refractivity contribution in [3.05, 3.63) is 68.6 Å². The van der Waals surface area contributed by atoms with Gasteiger partial charge in [-0.1, -0.05) is 48.5 Å². The van der Waals surface area contributed by atoms with Gasteiger partial charge in [0.1, 0.15) is 4.83 Å². The number of nitrogens with zero attached hydrogens (tertiary/aromatic N) is 4. The Kier molecular flexibility index (Phi) is 5.92. The van der Waals surface area contributed by atoms with Crippen molar-refractivity contribution in [3.8, 4) is 11.5 Å². The monoisotopic (exact) mass is 484 g/mol. The van der Waals surface area contributed by atoms with E-state index in [1.54, 1.807) is 28.0 Å². The van der Waals surface area contributed by atoms with Crippen LogP contribution in [0.1, 0.15) is 29.7 Å². The molecule has 0 fully saturated rings. The van der Waals surface area contributed by atoms with E-state index < -0.39 is 0 Å². The van der Waals surface area contributed by atoms with Gasteiger partial charge in [0, 0.05) is 11.4 Å². The topological polar surface area (TPSA) is 73.8 Å². The Labute approximate surface area is 198 Å². The number of benzene rings is 1. The van der Waals surface area contributed by atoms with Crippen LogP contribution in [0.4, 0.5) is 0 Å². The molecule has 1 aliphatic carbocycles. The molecular weight excluding hydrogens is 464 g/mol. The van der Waals surface area contributed by atoms with Gasteiger partial charge >= 0.3 is 0 Å². The highest BCUT2D eigenvalue weighted by atomic mass is 35.5. The van der Waals surface area contributed by atoms with Crippen LogP contribution in [0.15, 0.2) is 51.3 Å². The first-order chi connectivity index (χ1) is 15.5. The second-order valence-corrected chi connectivity index (χ2v) is 10.3. The van der Waals surface area contributed by atoms with E-state index in [4.69, 9.17) is 21.0 Å². The number of thiophene rings is 1. The fourth-order valence-corrected chi connectivity index (χ4v) is 6.47. The Morgan fingerprint density at radius 2 is 2.22 bits per heavy atom. The van der Waals surface area contributed by atoms with Crippen molar-refractivity contribution < 1.29 is 4.42 Å². The third-order valence-corrected chi connectivity index (χ3v) is 8.03. The highest BCUT2D eigenvalue weighted by Crippen LogP contribution is 2.37. The number of thioether (sulfide) groups is 1. The highest BCUT2D eigenvalue weighted by Gasteiger charge is 2.24. The Morgan fingerprint density at radius 3 is 3.03 bits per heavy atom. The molecule has 0 bridgehead atoms. The molecule has 3 heterocycles. The fraction of sp³-hybridized carbons (Fsp3) is 0.304. The molecule has 3 aromatic heterocycles. The van der Waals surface area contributed by atoms with Crippen LogP contribution < -0.4 is 5.56 Å². The van der Waals surface area contributed by atoms with Gasteiger partial charge in [-0.25, -0.2) is 4.98 Å². The molecule has 0 saturated heterocycles. The van der Waals surface area contributed by atoms with Gasteiger partial charge in [0.25, 0.3) is 5.56 Å². The zero-order chi connectivity index (χ0) is 22.2. The molecule has 164 valence electrons. The summed E-state index contributed by atoms with van der Waals surface area (Å²) in [6, 6.07) is 7.34. The van der Waals surface area contributed by atoms with E-state index in [1.807, 2.05) is 18.2 Å². The molecule has 9 heteroatoms. The second-order valence-electron chi connectivity index (χ2n) is 7.90. The highest BCUT2D eigenvalue weighted by molar-refractivity contribution is 7.98. The molecule has 1 atom stereocenters. The minimum Gasteiger partial charge on any atom is -0.420 e. The summed E-state index contributed by atoms with van der Waals surface area (Å²) < 4.78 is 7.50. The SMILES string of the molecule is C=CCn1c(SCc2nnc(-c3ccccc3Cl)o2)nc2sc3c(c2c1=O)CC[C@H](C)C3. The molecule has 1 aliphatic rings. The summed E-state index contributed by atoms with van der Waals surface area (Å²) in [7, 11) is 0. The van der Waals surface area contributed by atoms with Crippen LogP contribution in [-0.4, -0.2) is 19.7 Å². The Balaban J connectivity index is 1.47. The molecule has 5 rings (SSSR count). The number of rotatable bonds is 6. The summed E-state index contributed by atoms with van der Waals surface area (Å²) in [5, 5.41) is 10.2. The first kappa shape index (κ1) is 21.4. The van der Waals surface area contributed by atoms with Crippen molar-refractivity contribution in [2.45, 2.75) is 43.6 Å². The number of aryl methyl sites for hydroxylation is 1. The van der Waals surface area contributed by atoms with E-state index in [1.165, 1.54) is 22.2 Å². The third-order valence-electron chi connectivity index (χ3n) is 5.59. The van der Waals surface area contributed by atoms with Gasteiger partial charge in [-0.15, -0.1) is 28.1 Å². The van der Waals surface area contributed by atoms with E-state index in [-0.39, 0.29) is 5.56 Å². The van der Waals surface area contributed by atoms with Crippen LogP contribution in [0.2, 0.25) is 5.02 Å². The van der Waals surface area contributed by atoms with E-state index in [0.29, 0.717) is 45.7 Å². The van der Waals surface area contributed by atoms with Crippen molar-refractivity contribution in [2.75, 3.05) is 0 Å². The van der Waals surface area contributed by atoms with Crippen LogP contribution in [0.25, 0.3) is 21.7 Å². The lowest BCUT2D eigenvalue weighted by molar-refractivity contribution is 0.509. The summed E-state index contributed by atoms with van der Waals surface area (Å²) in [5.74, 6) is 1.86. The molecule has 0 N–H and O–H groups in total. The molecule has 0 aliphatic heterocycles. The minimum absolute atomic E-state index is 0.00624. The van der Waals surface area contributed by atoms with Gasteiger partial charge in [-0.2, -0.15) is 0 Å². The lowest BCUT2D eigenvalue weighted by atomic mass is 9.89. The van der Waals surface area contributed by atoms with Crippen LogP contribution in [0.3, 0.4) is 0 Å². The van der Waals surface area contributed by atoms with Gasteiger partial charge in [0.2, 0.25) is 11.8 Å². The van der Waals surface area contributed by atoms with Gasteiger partial charge in [-0.05, 0) is 42.9 Å². The van der Waals surface area contributed by atoms with Crippen molar-refractivity contribution in [3.63, 3.8) is 0 Å². The largest absolute Gasteiger partial charge is 0.420 e. The number of hydrogen-bond acceptors (Lipinski definition) is 7. The molecule has 0 unspecified atom stereocenters. The second kappa shape index (κ2) is 8.84. The van der Waals surface area contributed by atoms with Gasteiger partial charge < -0.3 is 4.42 Å². The molecular formula is C23H21ClN4O2S2. The van der Waals surface area contributed by atoms with Gasteiger partial charge in [0.05, 0.1) is 21.7 Å². The maximum Gasteiger partial charge on any atom is 0.263 e.